The summed E-state index contributed by atoms with van der Waals surface area (Å²) >= 11 is 0. The predicted octanol–water partition coefficient (Wildman–Crippen LogP) is 3.47. The van der Waals surface area contributed by atoms with Crippen molar-refractivity contribution in [3.05, 3.63) is 11.6 Å². The predicted molar refractivity (Wildman–Crippen MR) is 59.1 cm³/mol. The average Bonchev–Trinajstić information content (AvgIpc) is 2.15. The number of rotatable bonds is 7. The van der Waals surface area contributed by atoms with Gasteiger partial charge in [-0.2, -0.15) is 0 Å². The van der Waals surface area contributed by atoms with Gasteiger partial charge in [-0.1, -0.05) is 18.6 Å². The molecule has 0 aliphatic rings. The summed E-state index contributed by atoms with van der Waals surface area (Å²) < 4.78 is 4.84. The molecule has 0 unspecified atom stereocenters. The topological polar surface area (TPSA) is 26.3 Å². The summed E-state index contributed by atoms with van der Waals surface area (Å²) in [5.41, 5.74) is 1.46. The first kappa shape index (κ1) is 13.2. The highest BCUT2D eigenvalue weighted by molar-refractivity contribution is 5.65. The Morgan fingerprint density at radius 1 is 1.21 bits per heavy atom. The lowest BCUT2D eigenvalue weighted by atomic mass is 10.1. The van der Waals surface area contributed by atoms with E-state index in [9.17, 15) is 4.79 Å². The van der Waals surface area contributed by atoms with Crippen LogP contribution in [0.1, 0.15) is 52.9 Å². The Labute approximate surface area is 87.3 Å². The molecular weight excluding hydrogens is 176 g/mol. The molecule has 14 heavy (non-hydrogen) atoms. The molecule has 0 bridgehead atoms. The molecule has 0 aromatic rings. The molecule has 0 aromatic carbocycles. The van der Waals surface area contributed by atoms with Gasteiger partial charge in [0.05, 0.1) is 6.61 Å². The van der Waals surface area contributed by atoms with Crippen molar-refractivity contribution in [2.45, 2.75) is 52.9 Å². The Hall–Kier alpha value is -0.790. The van der Waals surface area contributed by atoms with Crippen LogP contribution < -0.4 is 0 Å². The summed E-state index contributed by atoms with van der Waals surface area (Å²) in [6.07, 6.45) is 7.91. The summed E-state index contributed by atoms with van der Waals surface area (Å²) in [4.78, 5) is 10.4. The Morgan fingerprint density at radius 3 is 2.50 bits per heavy atom. The number of carbonyl (C=O) groups is 1. The Balaban J connectivity index is 3.18. The zero-order valence-electron chi connectivity index (χ0n) is 9.64. The van der Waals surface area contributed by atoms with Crippen LogP contribution in [-0.2, 0) is 9.53 Å². The Kier molecular flexibility index (Phi) is 8.30. The number of allylic oxidation sites excluding steroid dienone is 2. The van der Waals surface area contributed by atoms with Crippen molar-refractivity contribution in [2.24, 2.45) is 0 Å². The Morgan fingerprint density at radius 2 is 1.93 bits per heavy atom. The molecule has 0 saturated heterocycles. The number of unbranched alkanes of at least 4 members (excludes halogenated alkanes) is 3. The maximum absolute atomic E-state index is 10.4. The third-order valence-electron chi connectivity index (χ3n) is 2.20. The fourth-order valence-corrected chi connectivity index (χ4v) is 1.13. The number of hydrogen-bond donors (Lipinski definition) is 0. The molecule has 0 N–H and O–H groups in total. The van der Waals surface area contributed by atoms with Gasteiger partial charge in [-0.25, -0.2) is 0 Å². The average molecular weight is 198 g/mol. The van der Waals surface area contributed by atoms with Gasteiger partial charge in [-0.15, -0.1) is 0 Å². The molecule has 0 heterocycles. The lowest BCUT2D eigenvalue weighted by Gasteiger charge is -2.01. The quantitative estimate of drug-likeness (QED) is 0.356. The van der Waals surface area contributed by atoms with E-state index in [1.54, 1.807) is 0 Å². The van der Waals surface area contributed by atoms with E-state index in [4.69, 9.17) is 4.74 Å². The molecule has 0 aliphatic heterocycles. The lowest BCUT2D eigenvalue weighted by molar-refractivity contribution is -0.141. The van der Waals surface area contributed by atoms with E-state index in [-0.39, 0.29) is 5.97 Å². The van der Waals surface area contributed by atoms with Gasteiger partial charge in [-0.05, 0) is 39.0 Å². The largest absolute Gasteiger partial charge is 0.466 e. The van der Waals surface area contributed by atoms with E-state index in [0.717, 1.165) is 25.7 Å². The minimum Gasteiger partial charge on any atom is -0.466 e. The fourth-order valence-electron chi connectivity index (χ4n) is 1.13. The molecule has 0 rings (SSSR count). The number of hydrogen-bond acceptors (Lipinski definition) is 2. The number of ether oxygens (including phenoxy) is 1. The summed E-state index contributed by atoms with van der Waals surface area (Å²) in [6.45, 7) is 6.37. The highest BCUT2D eigenvalue weighted by atomic mass is 16.5. The van der Waals surface area contributed by atoms with Crippen molar-refractivity contribution in [2.75, 3.05) is 6.61 Å². The maximum Gasteiger partial charge on any atom is 0.302 e. The van der Waals surface area contributed by atoms with Crippen molar-refractivity contribution in [3.63, 3.8) is 0 Å². The first-order chi connectivity index (χ1) is 6.66. The van der Waals surface area contributed by atoms with E-state index < -0.39 is 0 Å². The lowest BCUT2D eigenvalue weighted by Crippen LogP contribution is -1.99. The molecule has 0 atom stereocenters. The van der Waals surface area contributed by atoms with Crippen LogP contribution in [0.2, 0.25) is 0 Å². The third kappa shape index (κ3) is 9.30. The molecule has 82 valence electrons. The minimum atomic E-state index is -0.174. The van der Waals surface area contributed by atoms with Gasteiger partial charge < -0.3 is 4.74 Å². The van der Waals surface area contributed by atoms with Crippen molar-refractivity contribution in [1.29, 1.82) is 0 Å². The van der Waals surface area contributed by atoms with Crippen LogP contribution in [0.15, 0.2) is 11.6 Å². The molecule has 0 aliphatic carbocycles. The van der Waals surface area contributed by atoms with E-state index in [0.29, 0.717) is 6.61 Å². The third-order valence-corrected chi connectivity index (χ3v) is 2.20. The van der Waals surface area contributed by atoms with Gasteiger partial charge in [0.25, 0.3) is 0 Å². The molecule has 0 fully saturated rings. The molecule has 0 aromatic heterocycles. The number of carbonyl (C=O) groups excluding carboxylic acids is 1. The molecule has 0 spiro atoms. The van der Waals surface area contributed by atoms with Crippen LogP contribution in [-0.4, -0.2) is 12.6 Å². The van der Waals surface area contributed by atoms with Crippen molar-refractivity contribution < 1.29 is 9.53 Å². The van der Waals surface area contributed by atoms with Gasteiger partial charge in [0.2, 0.25) is 0 Å². The first-order valence-corrected chi connectivity index (χ1v) is 5.45. The Bertz CT molecular complexity index is 183. The van der Waals surface area contributed by atoms with Gasteiger partial charge in [0, 0.05) is 6.92 Å². The van der Waals surface area contributed by atoms with Crippen LogP contribution in [0.25, 0.3) is 0 Å². The molecule has 0 saturated carbocycles. The normalized spacial score (nSPS) is 11.5. The second-order valence-corrected chi connectivity index (χ2v) is 3.59. The highest BCUT2D eigenvalue weighted by Crippen LogP contribution is 2.05. The van der Waals surface area contributed by atoms with Gasteiger partial charge in [0.15, 0.2) is 0 Å². The van der Waals surface area contributed by atoms with Crippen LogP contribution in [0.5, 0.6) is 0 Å². The summed E-state index contributed by atoms with van der Waals surface area (Å²) in [5, 5.41) is 0. The fraction of sp³-hybridized carbons (Fsp3) is 0.750. The van der Waals surface area contributed by atoms with Crippen molar-refractivity contribution in [3.8, 4) is 0 Å². The standard InChI is InChI=1S/C12H22O2/c1-4-11(2)9-7-5-6-8-10-14-12(3)13/h9H,4-8,10H2,1-3H3. The molecule has 0 radical (unpaired) electrons. The van der Waals surface area contributed by atoms with Crippen LogP contribution in [0, 0.1) is 0 Å². The molecule has 2 heteroatoms. The van der Waals surface area contributed by atoms with Gasteiger partial charge in [-0.3, -0.25) is 4.79 Å². The van der Waals surface area contributed by atoms with Gasteiger partial charge >= 0.3 is 5.97 Å². The van der Waals surface area contributed by atoms with E-state index in [1.165, 1.54) is 18.9 Å². The first-order valence-electron chi connectivity index (χ1n) is 5.45. The molecule has 0 amide bonds. The number of esters is 1. The minimum absolute atomic E-state index is 0.174. The van der Waals surface area contributed by atoms with E-state index >= 15 is 0 Å². The zero-order chi connectivity index (χ0) is 10.8. The van der Waals surface area contributed by atoms with Crippen LogP contribution in [0.4, 0.5) is 0 Å². The SMILES string of the molecule is CCC(C)=CCCCCCOC(C)=O. The maximum atomic E-state index is 10.4. The van der Waals surface area contributed by atoms with Crippen molar-refractivity contribution >= 4 is 5.97 Å². The van der Waals surface area contributed by atoms with Crippen LogP contribution in [0.3, 0.4) is 0 Å². The van der Waals surface area contributed by atoms with E-state index in [2.05, 4.69) is 19.9 Å². The zero-order valence-corrected chi connectivity index (χ0v) is 9.64. The molecular formula is C12H22O2. The van der Waals surface area contributed by atoms with Gasteiger partial charge in [0.1, 0.15) is 0 Å². The second-order valence-electron chi connectivity index (χ2n) is 3.59. The second kappa shape index (κ2) is 8.79. The monoisotopic (exact) mass is 198 g/mol. The highest BCUT2D eigenvalue weighted by Gasteiger charge is 1.92. The summed E-state index contributed by atoms with van der Waals surface area (Å²) in [7, 11) is 0. The summed E-state index contributed by atoms with van der Waals surface area (Å²) in [5.74, 6) is -0.174. The summed E-state index contributed by atoms with van der Waals surface area (Å²) in [6, 6.07) is 0. The smallest absolute Gasteiger partial charge is 0.302 e. The van der Waals surface area contributed by atoms with Crippen LogP contribution >= 0.6 is 0 Å². The molecule has 2 nitrogen and oxygen atoms in total. The van der Waals surface area contributed by atoms with E-state index in [1.807, 2.05) is 0 Å². The van der Waals surface area contributed by atoms with Crippen molar-refractivity contribution in [1.82, 2.24) is 0 Å².